The van der Waals surface area contributed by atoms with Gasteiger partial charge in [0.25, 0.3) is 5.91 Å². The fraction of sp³-hybridized carbons (Fsp3) is 0.133. The highest BCUT2D eigenvalue weighted by molar-refractivity contribution is 6.07. The second-order valence-electron chi connectivity index (χ2n) is 4.30. The Morgan fingerprint density at radius 2 is 2.19 bits per heavy atom. The smallest absolute Gasteiger partial charge is 0.259 e. The van der Waals surface area contributed by atoms with Crippen molar-refractivity contribution >= 4 is 17.3 Å². The van der Waals surface area contributed by atoms with Crippen LogP contribution in [0.15, 0.2) is 47.9 Å². The van der Waals surface area contributed by atoms with Crippen LogP contribution in [0, 0.1) is 0 Å². The largest absolute Gasteiger partial charge is 0.494 e. The summed E-state index contributed by atoms with van der Waals surface area (Å²) in [4.78, 5) is 16.2. The molecule has 0 aliphatic rings. The molecule has 0 unspecified atom stereocenters. The first-order chi connectivity index (χ1) is 10.2. The summed E-state index contributed by atoms with van der Waals surface area (Å²) in [5, 5.41) is 14.7. The van der Waals surface area contributed by atoms with E-state index in [4.69, 9.17) is 9.94 Å². The zero-order chi connectivity index (χ0) is 15.2. The highest BCUT2D eigenvalue weighted by Gasteiger charge is 2.12. The van der Waals surface area contributed by atoms with E-state index in [2.05, 4.69) is 15.5 Å². The van der Waals surface area contributed by atoms with Crippen LogP contribution >= 0.6 is 0 Å². The lowest BCUT2D eigenvalue weighted by Gasteiger charge is -2.09. The molecule has 1 heterocycles. The molecule has 2 aromatic rings. The molecule has 2 rings (SSSR count). The van der Waals surface area contributed by atoms with Gasteiger partial charge in [0.15, 0.2) is 0 Å². The minimum Gasteiger partial charge on any atom is -0.494 e. The van der Waals surface area contributed by atoms with E-state index in [1.165, 1.54) is 19.5 Å². The maximum absolute atomic E-state index is 12.2. The number of benzene rings is 1. The molecule has 0 radical (unpaired) electrons. The standard InChI is InChI=1S/C15H15N3O3/c1-10(18-20)11-4-3-5-12(8-11)17-15(19)13-6-7-16-9-14(13)21-2/h3-9,20H,1-2H3,(H,17,19)/b18-10+. The van der Waals surface area contributed by atoms with Gasteiger partial charge in [-0.05, 0) is 25.1 Å². The number of oxime groups is 1. The Morgan fingerprint density at radius 1 is 1.38 bits per heavy atom. The van der Waals surface area contributed by atoms with Crippen molar-refractivity contribution in [2.45, 2.75) is 6.92 Å². The van der Waals surface area contributed by atoms with E-state index in [0.29, 0.717) is 22.7 Å². The van der Waals surface area contributed by atoms with Crippen molar-refractivity contribution in [1.29, 1.82) is 0 Å². The third-order valence-electron chi connectivity index (χ3n) is 2.94. The highest BCUT2D eigenvalue weighted by Crippen LogP contribution is 2.18. The molecule has 1 aromatic heterocycles. The molecule has 1 amide bonds. The number of pyridine rings is 1. The van der Waals surface area contributed by atoms with E-state index in [1.807, 2.05) is 0 Å². The monoisotopic (exact) mass is 285 g/mol. The van der Waals surface area contributed by atoms with Crippen molar-refractivity contribution in [2.75, 3.05) is 12.4 Å². The molecule has 6 heteroatoms. The van der Waals surface area contributed by atoms with Crippen molar-refractivity contribution in [2.24, 2.45) is 5.16 Å². The molecule has 0 aliphatic heterocycles. The summed E-state index contributed by atoms with van der Waals surface area (Å²) in [7, 11) is 1.48. The first kappa shape index (κ1) is 14.5. The zero-order valence-electron chi connectivity index (χ0n) is 11.7. The van der Waals surface area contributed by atoms with Gasteiger partial charge in [0.05, 0.1) is 24.6 Å². The van der Waals surface area contributed by atoms with E-state index in [-0.39, 0.29) is 5.91 Å². The lowest BCUT2D eigenvalue weighted by molar-refractivity contribution is 0.102. The SMILES string of the molecule is COc1cnccc1C(=O)Nc1cccc(/C(C)=N/O)c1. The zero-order valence-corrected chi connectivity index (χ0v) is 11.7. The van der Waals surface area contributed by atoms with Crippen LogP contribution in [-0.2, 0) is 0 Å². The lowest BCUT2D eigenvalue weighted by atomic mass is 10.1. The van der Waals surface area contributed by atoms with Crippen LogP contribution in [0.2, 0.25) is 0 Å². The van der Waals surface area contributed by atoms with Gasteiger partial charge in [-0.1, -0.05) is 17.3 Å². The van der Waals surface area contributed by atoms with Crippen molar-refractivity contribution < 1.29 is 14.7 Å². The Balaban J connectivity index is 2.24. The number of methoxy groups -OCH3 is 1. The molecule has 0 fully saturated rings. The molecule has 21 heavy (non-hydrogen) atoms. The van der Waals surface area contributed by atoms with Gasteiger partial charge in [0.2, 0.25) is 0 Å². The number of nitrogens with one attached hydrogen (secondary N) is 1. The predicted molar refractivity (Wildman–Crippen MR) is 79.2 cm³/mol. The maximum atomic E-state index is 12.2. The normalized spacial score (nSPS) is 11.0. The van der Waals surface area contributed by atoms with Gasteiger partial charge < -0.3 is 15.3 Å². The lowest BCUT2D eigenvalue weighted by Crippen LogP contribution is -2.13. The molecular formula is C15H15N3O3. The summed E-state index contributed by atoms with van der Waals surface area (Å²) < 4.78 is 5.11. The topological polar surface area (TPSA) is 83.8 Å². The Morgan fingerprint density at radius 3 is 2.90 bits per heavy atom. The molecule has 0 bridgehead atoms. The van der Waals surface area contributed by atoms with Gasteiger partial charge in [0, 0.05) is 17.4 Å². The quantitative estimate of drug-likeness (QED) is 0.513. The number of rotatable bonds is 4. The number of ether oxygens (including phenoxy) is 1. The summed E-state index contributed by atoms with van der Waals surface area (Å²) in [5.41, 5.74) is 2.18. The van der Waals surface area contributed by atoms with Crippen LogP contribution in [0.5, 0.6) is 5.75 Å². The summed E-state index contributed by atoms with van der Waals surface area (Å²) >= 11 is 0. The second kappa shape index (κ2) is 6.51. The Bertz CT molecular complexity index is 683. The number of nitrogens with zero attached hydrogens (tertiary/aromatic N) is 2. The van der Waals surface area contributed by atoms with Gasteiger partial charge >= 0.3 is 0 Å². The van der Waals surface area contributed by atoms with Gasteiger partial charge in [-0.25, -0.2) is 0 Å². The average molecular weight is 285 g/mol. The van der Waals surface area contributed by atoms with E-state index < -0.39 is 0 Å². The minimum absolute atomic E-state index is 0.301. The van der Waals surface area contributed by atoms with Gasteiger partial charge in [0.1, 0.15) is 5.75 Å². The van der Waals surface area contributed by atoms with E-state index >= 15 is 0 Å². The predicted octanol–water partition coefficient (Wildman–Crippen LogP) is 2.54. The summed E-state index contributed by atoms with van der Waals surface area (Å²) in [6.07, 6.45) is 3.00. The number of hydrogen-bond acceptors (Lipinski definition) is 5. The Hall–Kier alpha value is -2.89. The van der Waals surface area contributed by atoms with Gasteiger partial charge in [-0.2, -0.15) is 0 Å². The number of carbonyl (C=O) groups is 1. The number of anilines is 1. The molecule has 108 valence electrons. The van der Waals surface area contributed by atoms with Crippen LogP contribution in [0.3, 0.4) is 0 Å². The molecule has 1 aromatic carbocycles. The maximum Gasteiger partial charge on any atom is 0.259 e. The molecule has 6 nitrogen and oxygen atoms in total. The third-order valence-corrected chi connectivity index (χ3v) is 2.94. The Labute approximate surface area is 122 Å². The van der Waals surface area contributed by atoms with Crippen molar-refractivity contribution in [3.05, 3.63) is 53.9 Å². The van der Waals surface area contributed by atoms with Gasteiger partial charge in [-0.15, -0.1) is 0 Å². The number of carbonyl (C=O) groups excluding carboxylic acids is 1. The van der Waals surface area contributed by atoms with Crippen molar-refractivity contribution in [3.8, 4) is 5.75 Å². The number of amides is 1. The second-order valence-corrected chi connectivity index (χ2v) is 4.30. The third kappa shape index (κ3) is 3.36. The highest BCUT2D eigenvalue weighted by atomic mass is 16.5. The van der Waals surface area contributed by atoms with E-state index in [9.17, 15) is 4.79 Å². The van der Waals surface area contributed by atoms with Crippen LogP contribution in [0.1, 0.15) is 22.8 Å². The Kier molecular flexibility index (Phi) is 4.50. The average Bonchev–Trinajstić information content (AvgIpc) is 2.54. The van der Waals surface area contributed by atoms with Crippen LogP contribution in [0.4, 0.5) is 5.69 Å². The van der Waals surface area contributed by atoms with Crippen molar-refractivity contribution in [3.63, 3.8) is 0 Å². The van der Waals surface area contributed by atoms with Crippen LogP contribution < -0.4 is 10.1 Å². The fourth-order valence-corrected chi connectivity index (χ4v) is 1.81. The molecule has 0 saturated carbocycles. The molecule has 2 N–H and O–H groups in total. The summed E-state index contributed by atoms with van der Waals surface area (Å²) in [5.74, 6) is 0.101. The molecular weight excluding hydrogens is 270 g/mol. The number of hydrogen-bond donors (Lipinski definition) is 2. The minimum atomic E-state index is -0.301. The van der Waals surface area contributed by atoms with Crippen molar-refractivity contribution in [1.82, 2.24) is 4.98 Å². The summed E-state index contributed by atoms with van der Waals surface area (Å²) in [6, 6.07) is 8.61. The van der Waals surface area contributed by atoms with Gasteiger partial charge in [-0.3, -0.25) is 9.78 Å². The first-order valence-electron chi connectivity index (χ1n) is 6.24. The molecule has 0 aliphatic carbocycles. The molecule has 0 spiro atoms. The number of aromatic nitrogens is 1. The van der Waals surface area contributed by atoms with Crippen LogP contribution in [0.25, 0.3) is 0 Å². The first-order valence-corrected chi connectivity index (χ1v) is 6.24. The van der Waals surface area contributed by atoms with E-state index in [1.54, 1.807) is 37.3 Å². The molecule has 0 atom stereocenters. The fourth-order valence-electron chi connectivity index (χ4n) is 1.81. The van der Waals surface area contributed by atoms with E-state index in [0.717, 1.165) is 5.56 Å². The summed E-state index contributed by atoms with van der Waals surface area (Å²) in [6.45, 7) is 1.67. The molecule has 0 saturated heterocycles. The van der Waals surface area contributed by atoms with Crippen LogP contribution in [-0.4, -0.2) is 28.9 Å².